The molecule has 36 heavy (non-hydrogen) atoms. The summed E-state index contributed by atoms with van der Waals surface area (Å²) in [6.45, 7) is 5.35. The van der Waals surface area contributed by atoms with Crippen LogP contribution in [0.4, 0.5) is 10.5 Å². The van der Waals surface area contributed by atoms with E-state index in [2.05, 4.69) is 21.7 Å². The molecular formula is C28H34N4O4. The Labute approximate surface area is 212 Å². The van der Waals surface area contributed by atoms with Crippen LogP contribution in [0.3, 0.4) is 0 Å². The third-order valence-corrected chi connectivity index (χ3v) is 6.80. The number of fused-ring (bicyclic) bond motifs is 1. The number of urea groups is 1. The zero-order valence-electron chi connectivity index (χ0n) is 21.3. The number of nitrogens with zero attached hydrogens (tertiary/aromatic N) is 2. The minimum Gasteiger partial charge on any atom is -0.497 e. The lowest BCUT2D eigenvalue weighted by atomic mass is 10.0. The van der Waals surface area contributed by atoms with E-state index in [1.165, 1.54) is 0 Å². The molecule has 1 aliphatic rings. The van der Waals surface area contributed by atoms with Crippen LogP contribution in [0.15, 0.2) is 48.7 Å². The fourth-order valence-corrected chi connectivity index (χ4v) is 4.41. The van der Waals surface area contributed by atoms with Crippen molar-refractivity contribution in [2.75, 3.05) is 32.6 Å². The van der Waals surface area contributed by atoms with E-state index >= 15 is 0 Å². The summed E-state index contributed by atoms with van der Waals surface area (Å²) in [6, 6.07) is 13.2. The average molecular weight is 491 g/mol. The number of anilines is 1. The smallest absolute Gasteiger partial charge is 0.319 e. The predicted octanol–water partition coefficient (Wildman–Crippen LogP) is 5.08. The van der Waals surface area contributed by atoms with Gasteiger partial charge >= 0.3 is 6.03 Å². The van der Waals surface area contributed by atoms with Crippen LogP contribution in [0.5, 0.6) is 11.5 Å². The summed E-state index contributed by atoms with van der Waals surface area (Å²) in [6.07, 6.45) is 4.16. The molecule has 0 spiro atoms. The average Bonchev–Trinajstić information content (AvgIpc) is 2.91. The number of piperidine rings is 1. The maximum absolute atomic E-state index is 12.6. The Morgan fingerprint density at radius 2 is 1.72 bits per heavy atom. The van der Waals surface area contributed by atoms with E-state index in [9.17, 15) is 9.59 Å². The summed E-state index contributed by atoms with van der Waals surface area (Å²) in [4.78, 5) is 31.5. The van der Waals surface area contributed by atoms with E-state index in [-0.39, 0.29) is 23.9 Å². The van der Waals surface area contributed by atoms with Gasteiger partial charge in [-0.05, 0) is 55.2 Å². The minimum absolute atomic E-state index is 0.0481. The van der Waals surface area contributed by atoms with Crippen molar-refractivity contribution in [3.05, 3.63) is 48.7 Å². The van der Waals surface area contributed by atoms with Crippen LogP contribution in [0.1, 0.15) is 33.1 Å². The molecule has 0 bridgehead atoms. The van der Waals surface area contributed by atoms with Crippen molar-refractivity contribution in [1.82, 2.24) is 15.2 Å². The molecule has 1 saturated heterocycles. The minimum atomic E-state index is -0.249. The van der Waals surface area contributed by atoms with Gasteiger partial charge in [-0.15, -0.1) is 0 Å². The largest absolute Gasteiger partial charge is 0.497 e. The third-order valence-electron chi connectivity index (χ3n) is 6.80. The number of hydrogen-bond acceptors (Lipinski definition) is 5. The zero-order chi connectivity index (χ0) is 25.7. The number of amides is 3. The molecule has 3 aromatic rings. The lowest BCUT2D eigenvalue weighted by Crippen LogP contribution is -2.48. The van der Waals surface area contributed by atoms with E-state index in [1.54, 1.807) is 20.4 Å². The van der Waals surface area contributed by atoms with Gasteiger partial charge in [-0.3, -0.25) is 9.78 Å². The number of nitrogens with one attached hydrogen (secondary N) is 2. The second kappa shape index (κ2) is 11.3. The van der Waals surface area contributed by atoms with Crippen LogP contribution in [0, 0.1) is 5.92 Å². The molecule has 0 aliphatic carbocycles. The molecule has 190 valence electrons. The molecule has 0 unspecified atom stereocenters. The summed E-state index contributed by atoms with van der Waals surface area (Å²) >= 11 is 0. The van der Waals surface area contributed by atoms with Crippen LogP contribution in [-0.4, -0.2) is 55.2 Å². The van der Waals surface area contributed by atoms with Crippen molar-refractivity contribution >= 4 is 28.5 Å². The van der Waals surface area contributed by atoms with Crippen molar-refractivity contribution in [3.63, 3.8) is 0 Å². The number of carbonyl (C=O) groups is 2. The third kappa shape index (κ3) is 5.87. The van der Waals surface area contributed by atoms with Gasteiger partial charge in [0.05, 0.1) is 19.7 Å². The first-order valence-electron chi connectivity index (χ1n) is 12.4. The molecule has 0 saturated carbocycles. The molecule has 0 radical (unpaired) electrons. The molecule has 8 heteroatoms. The summed E-state index contributed by atoms with van der Waals surface area (Å²) in [5.41, 5.74) is 3.34. The highest BCUT2D eigenvalue weighted by atomic mass is 16.5. The van der Waals surface area contributed by atoms with Crippen molar-refractivity contribution in [1.29, 1.82) is 0 Å². The Balaban J connectivity index is 1.38. The Bertz CT molecular complexity index is 1220. The van der Waals surface area contributed by atoms with Crippen molar-refractivity contribution in [2.24, 2.45) is 5.92 Å². The molecule has 1 atom stereocenters. The summed E-state index contributed by atoms with van der Waals surface area (Å²) in [5.74, 6) is 1.68. The maximum atomic E-state index is 12.6. The van der Waals surface area contributed by atoms with Crippen LogP contribution in [0.2, 0.25) is 0 Å². The lowest BCUT2D eigenvalue weighted by molar-refractivity contribution is -0.136. The Kier molecular flexibility index (Phi) is 7.93. The van der Waals surface area contributed by atoms with Crippen molar-refractivity contribution < 1.29 is 19.1 Å². The highest BCUT2D eigenvalue weighted by Crippen LogP contribution is 2.31. The second-order valence-electron chi connectivity index (χ2n) is 9.24. The van der Waals surface area contributed by atoms with Crippen molar-refractivity contribution in [2.45, 2.75) is 39.2 Å². The molecule has 2 N–H and O–H groups in total. The molecule has 1 fully saturated rings. The standard InChI is InChI=1S/C28H34N4O4/c1-5-18(2)27(33)32-10-8-22(9-11-32)30-28(34)31-23-7-6-19-12-21(17-29-26(19)15-23)20-13-24(35-3)16-25(14-20)36-4/h6-7,12-18,22H,5,8-11H2,1-4H3,(H2,30,31,34)/t18-/m0/s1. The van der Waals surface area contributed by atoms with Gasteiger partial charge in [-0.1, -0.05) is 19.9 Å². The van der Waals surface area contributed by atoms with E-state index in [0.29, 0.717) is 30.3 Å². The number of ether oxygens (including phenoxy) is 2. The van der Waals surface area contributed by atoms with E-state index < -0.39 is 0 Å². The van der Waals surface area contributed by atoms with Gasteiger partial charge in [0.25, 0.3) is 0 Å². The van der Waals surface area contributed by atoms with Crippen molar-refractivity contribution in [3.8, 4) is 22.6 Å². The number of methoxy groups -OCH3 is 2. The lowest BCUT2D eigenvalue weighted by Gasteiger charge is -2.33. The van der Waals surface area contributed by atoms with Gasteiger partial charge in [0.1, 0.15) is 11.5 Å². The molecule has 2 aromatic carbocycles. The predicted molar refractivity (Wildman–Crippen MR) is 141 cm³/mol. The zero-order valence-corrected chi connectivity index (χ0v) is 21.3. The highest BCUT2D eigenvalue weighted by molar-refractivity contribution is 5.93. The molecular weight excluding hydrogens is 456 g/mol. The first kappa shape index (κ1) is 25.3. The monoisotopic (exact) mass is 490 g/mol. The van der Waals surface area contributed by atoms with E-state index in [4.69, 9.17) is 9.47 Å². The Hall–Kier alpha value is -3.81. The fraction of sp³-hybridized carbons (Fsp3) is 0.393. The van der Waals surface area contributed by atoms with Crippen LogP contribution in [-0.2, 0) is 4.79 Å². The second-order valence-corrected chi connectivity index (χ2v) is 9.24. The Morgan fingerprint density at radius 1 is 1.03 bits per heavy atom. The molecule has 1 aromatic heterocycles. The summed E-state index contributed by atoms with van der Waals surface area (Å²) < 4.78 is 10.8. The van der Waals surface area contributed by atoms with Gasteiger partial charge in [-0.2, -0.15) is 0 Å². The highest BCUT2D eigenvalue weighted by Gasteiger charge is 2.26. The van der Waals surface area contributed by atoms with Crippen LogP contribution >= 0.6 is 0 Å². The molecule has 4 rings (SSSR count). The first-order chi connectivity index (χ1) is 17.4. The van der Waals surface area contributed by atoms with Crippen LogP contribution in [0.25, 0.3) is 22.0 Å². The number of hydrogen-bond donors (Lipinski definition) is 2. The van der Waals surface area contributed by atoms with Gasteiger partial charge in [0.15, 0.2) is 0 Å². The molecule has 8 nitrogen and oxygen atoms in total. The molecule has 1 aliphatic heterocycles. The normalized spacial score (nSPS) is 14.8. The number of benzene rings is 2. The summed E-state index contributed by atoms with van der Waals surface area (Å²) in [7, 11) is 3.25. The van der Waals surface area contributed by atoms with E-state index in [0.717, 1.165) is 41.3 Å². The first-order valence-corrected chi connectivity index (χ1v) is 12.4. The van der Waals surface area contributed by atoms with Gasteiger partial charge in [0.2, 0.25) is 5.91 Å². The van der Waals surface area contributed by atoms with E-state index in [1.807, 2.05) is 55.1 Å². The SMILES string of the molecule is CC[C@H](C)C(=O)N1CCC(NC(=O)Nc2ccc3cc(-c4cc(OC)cc(OC)c4)cnc3c2)CC1. The quantitative estimate of drug-likeness (QED) is 0.482. The fourth-order valence-electron chi connectivity index (χ4n) is 4.41. The number of likely N-dealkylation sites (tertiary alicyclic amines) is 1. The number of carbonyl (C=O) groups excluding carboxylic acids is 2. The Morgan fingerprint density at radius 3 is 2.36 bits per heavy atom. The topological polar surface area (TPSA) is 92.8 Å². The van der Waals surface area contributed by atoms with Gasteiger partial charge < -0.3 is 25.0 Å². The van der Waals surface area contributed by atoms with Gasteiger partial charge in [-0.25, -0.2) is 4.79 Å². The maximum Gasteiger partial charge on any atom is 0.319 e. The number of aromatic nitrogens is 1. The molecule has 3 amide bonds. The summed E-state index contributed by atoms with van der Waals surface area (Å²) in [5, 5.41) is 6.91. The van der Waals surface area contributed by atoms with Gasteiger partial charge in [0, 0.05) is 53.9 Å². The van der Waals surface area contributed by atoms with Crippen LogP contribution < -0.4 is 20.1 Å². The molecule has 2 heterocycles. The number of rotatable bonds is 7. The number of pyridine rings is 1.